The second-order valence-electron chi connectivity index (χ2n) is 7.24. The molecule has 5 rings (SSSR count). The maximum atomic E-state index is 12.8. The normalized spacial score (nSPS) is 12.9. The molecule has 3 aromatic carbocycles. The van der Waals surface area contributed by atoms with E-state index in [9.17, 15) is 9.59 Å². The molecular weight excluding hydrogens is 362 g/mol. The number of nitrogens with zero attached hydrogens (tertiary/aromatic N) is 2. The maximum absolute atomic E-state index is 12.8. The molecular formula is C24H19N3O2. The Morgan fingerprint density at radius 1 is 0.931 bits per heavy atom. The average molecular weight is 381 g/mol. The molecule has 142 valence electrons. The number of para-hydroxylation sites is 1. The first-order valence-electron chi connectivity index (χ1n) is 9.66. The Hall–Kier alpha value is -3.73. The van der Waals surface area contributed by atoms with Gasteiger partial charge in [-0.25, -0.2) is 5.10 Å². The molecule has 0 saturated heterocycles. The third-order valence-electron chi connectivity index (χ3n) is 5.47. The van der Waals surface area contributed by atoms with Gasteiger partial charge in [-0.15, -0.1) is 0 Å². The van der Waals surface area contributed by atoms with Crippen LogP contribution in [0.1, 0.15) is 11.1 Å². The summed E-state index contributed by atoms with van der Waals surface area (Å²) in [5.74, 6) is 0.107. The number of fused-ring (bicyclic) bond motifs is 2. The Kier molecular flexibility index (Phi) is 4.21. The zero-order valence-corrected chi connectivity index (χ0v) is 15.8. The predicted octanol–water partition coefficient (Wildman–Crippen LogP) is 3.72. The first-order chi connectivity index (χ1) is 14.2. The summed E-state index contributed by atoms with van der Waals surface area (Å²) in [6.45, 7) is 0.740. The molecule has 0 aliphatic carbocycles. The van der Waals surface area contributed by atoms with Crippen LogP contribution in [0, 0.1) is 0 Å². The van der Waals surface area contributed by atoms with Gasteiger partial charge in [-0.3, -0.25) is 9.59 Å². The van der Waals surface area contributed by atoms with Crippen LogP contribution in [0.2, 0.25) is 0 Å². The Bertz CT molecular complexity index is 1280. The molecule has 1 amide bonds. The van der Waals surface area contributed by atoms with Crippen molar-refractivity contribution in [1.29, 1.82) is 0 Å². The molecule has 5 nitrogen and oxygen atoms in total. The van der Waals surface area contributed by atoms with E-state index in [0.29, 0.717) is 11.8 Å². The highest BCUT2D eigenvalue weighted by Crippen LogP contribution is 2.28. The molecule has 1 aliphatic heterocycles. The third-order valence-corrected chi connectivity index (χ3v) is 5.47. The topological polar surface area (TPSA) is 66.1 Å². The number of aromatic amines is 1. The number of anilines is 1. The van der Waals surface area contributed by atoms with Crippen molar-refractivity contribution >= 4 is 22.4 Å². The molecule has 0 spiro atoms. The molecule has 0 fully saturated rings. The van der Waals surface area contributed by atoms with Crippen LogP contribution in [-0.2, 0) is 17.6 Å². The fourth-order valence-corrected chi connectivity index (χ4v) is 3.98. The summed E-state index contributed by atoms with van der Waals surface area (Å²) in [4.78, 5) is 26.7. The van der Waals surface area contributed by atoms with Crippen LogP contribution in [0.5, 0.6) is 0 Å². The Labute approximate surface area is 167 Å². The van der Waals surface area contributed by atoms with Gasteiger partial charge >= 0.3 is 0 Å². The second-order valence-corrected chi connectivity index (χ2v) is 7.24. The van der Waals surface area contributed by atoms with Crippen molar-refractivity contribution in [2.24, 2.45) is 0 Å². The molecule has 1 aliphatic rings. The molecule has 1 N–H and O–H groups in total. The van der Waals surface area contributed by atoms with E-state index in [0.717, 1.165) is 40.9 Å². The van der Waals surface area contributed by atoms with Gasteiger partial charge in [0.1, 0.15) is 0 Å². The minimum Gasteiger partial charge on any atom is -0.312 e. The Morgan fingerprint density at radius 3 is 2.48 bits per heavy atom. The van der Waals surface area contributed by atoms with Crippen LogP contribution in [0.15, 0.2) is 77.6 Å². The van der Waals surface area contributed by atoms with E-state index in [-0.39, 0.29) is 11.5 Å². The largest absolute Gasteiger partial charge is 0.312 e. The van der Waals surface area contributed by atoms with Gasteiger partial charge in [-0.2, -0.15) is 5.10 Å². The third kappa shape index (κ3) is 3.10. The highest BCUT2D eigenvalue weighted by molar-refractivity contribution is 5.97. The number of nitrogens with one attached hydrogen (secondary N) is 1. The minimum absolute atomic E-state index is 0.107. The molecule has 0 unspecified atom stereocenters. The van der Waals surface area contributed by atoms with E-state index in [1.165, 1.54) is 5.56 Å². The summed E-state index contributed by atoms with van der Waals surface area (Å²) >= 11 is 0. The van der Waals surface area contributed by atoms with Crippen molar-refractivity contribution in [2.75, 3.05) is 11.4 Å². The van der Waals surface area contributed by atoms with E-state index < -0.39 is 0 Å². The first kappa shape index (κ1) is 17.4. The van der Waals surface area contributed by atoms with Crippen molar-refractivity contribution < 1.29 is 4.79 Å². The summed E-state index contributed by atoms with van der Waals surface area (Å²) in [7, 11) is 0. The molecule has 1 aromatic heterocycles. The van der Waals surface area contributed by atoms with E-state index >= 15 is 0 Å². The van der Waals surface area contributed by atoms with Crippen LogP contribution < -0.4 is 10.5 Å². The van der Waals surface area contributed by atoms with Crippen molar-refractivity contribution in [3.05, 3.63) is 94.3 Å². The Balaban J connectivity index is 1.40. The van der Waals surface area contributed by atoms with E-state index in [1.807, 2.05) is 65.6 Å². The summed E-state index contributed by atoms with van der Waals surface area (Å²) < 4.78 is 0. The number of H-pyrrole nitrogens is 1. The monoisotopic (exact) mass is 381 g/mol. The van der Waals surface area contributed by atoms with Gasteiger partial charge in [0.05, 0.1) is 17.5 Å². The highest BCUT2D eigenvalue weighted by Gasteiger charge is 2.24. The summed E-state index contributed by atoms with van der Waals surface area (Å²) in [5, 5.41) is 8.24. The van der Waals surface area contributed by atoms with Gasteiger partial charge in [0, 0.05) is 23.2 Å². The summed E-state index contributed by atoms with van der Waals surface area (Å²) in [6.07, 6.45) is 1.26. The number of carbonyl (C=O) groups is 1. The lowest BCUT2D eigenvalue weighted by molar-refractivity contribution is -0.117. The quantitative estimate of drug-likeness (QED) is 0.588. The highest BCUT2D eigenvalue weighted by atomic mass is 16.2. The van der Waals surface area contributed by atoms with Crippen LogP contribution in [0.4, 0.5) is 5.69 Å². The molecule has 2 heterocycles. The Morgan fingerprint density at radius 2 is 1.66 bits per heavy atom. The molecule has 29 heavy (non-hydrogen) atoms. The SMILES string of the molecule is O=C(Cc1ccc(-c2n[nH]c(=O)c3ccccc23)cc1)N1CCc2ccccc21. The zero-order chi connectivity index (χ0) is 19.8. The zero-order valence-electron chi connectivity index (χ0n) is 15.8. The maximum Gasteiger partial charge on any atom is 0.272 e. The number of hydrogen-bond acceptors (Lipinski definition) is 3. The average Bonchev–Trinajstić information content (AvgIpc) is 3.19. The summed E-state index contributed by atoms with van der Waals surface area (Å²) in [5.41, 5.74) is 4.64. The number of aromatic nitrogens is 2. The first-order valence-corrected chi connectivity index (χ1v) is 9.66. The van der Waals surface area contributed by atoms with Crippen LogP contribution in [0.25, 0.3) is 22.0 Å². The van der Waals surface area contributed by atoms with Gasteiger partial charge in [0.2, 0.25) is 5.91 Å². The van der Waals surface area contributed by atoms with Crippen molar-refractivity contribution in [3.8, 4) is 11.3 Å². The van der Waals surface area contributed by atoms with Crippen molar-refractivity contribution in [1.82, 2.24) is 10.2 Å². The number of rotatable bonds is 3. The van der Waals surface area contributed by atoms with Gasteiger partial charge in [0.15, 0.2) is 0 Å². The standard InChI is InChI=1S/C24H19N3O2/c28-22(27-14-13-17-5-1-4-8-21(17)27)15-16-9-11-18(12-10-16)23-19-6-2-3-7-20(19)24(29)26-25-23/h1-12H,13-15H2,(H,26,29). The van der Waals surface area contributed by atoms with Gasteiger partial charge < -0.3 is 4.90 Å². The van der Waals surface area contributed by atoms with Gasteiger partial charge in [-0.1, -0.05) is 60.7 Å². The van der Waals surface area contributed by atoms with Crippen LogP contribution in [0.3, 0.4) is 0 Å². The van der Waals surface area contributed by atoms with Crippen LogP contribution >= 0.6 is 0 Å². The second kappa shape index (κ2) is 7.02. The van der Waals surface area contributed by atoms with Crippen molar-refractivity contribution in [3.63, 3.8) is 0 Å². The van der Waals surface area contributed by atoms with E-state index in [1.54, 1.807) is 6.07 Å². The lowest BCUT2D eigenvalue weighted by atomic mass is 10.0. The molecule has 4 aromatic rings. The molecule has 5 heteroatoms. The molecule has 0 radical (unpaired) electrons. The van der Waals surface area contributed by atoms with E-state index in [4.69, 9.17) is 0 Å². The van der Waals surface area contributed by atoms with E-state index in [2.05, 4.69) is 16.3 Å². The lowest BCUT2D eigenvalue weighted by Gasteiger charge is -2.17. The number of carbonyl (C=O) groups excluding carboxylic acids is 1. The fraction of sp³-hybridized carbons (Fsp3) is 0.125. The van der Waals surface area contributed by atoms with Crippen molar-refractivity contribution in [2.45, 2.75) is 12.8 Å². The predicted molar refractivity (Wildman–Crippen MR) is 114 cm³/mol. The van der Waals surface area contributed by atoms with Gasteiger partial charge in [-0.05, 0) is 29.7 Å². The minimum atomic E-state index is -0.197. The number of benzene rings is 3. The smallest absolute Gasteiger partial charge is 0.272 e. The number of amides is 1. The molecule has 0 bridgehead atoms. The lowest BCUT2D eigenvalue weighted by Crippen LogP contribution is -2.30. The fourth-order valence-electron chi connectivity index (χ4n) is 3.98. The summed E-state index contributed by atoms with van der Waals surface area (Å²) in [6, 6.07) is 23.3. The number of hydrogen-bond donors (Lipinski definition) is 1. The molecule has 0 atom stereocenters. The van der Waals surface area contributed by atoms with Crippen LogP contribution in [-0.4, -0.2) is 22.6 Å². The van der Waals surface area contributed by atoms with Gasteiger partial charge in [0.25, 0.3) is 5.56 Å². The molecule has 0 saturated carbocycles.